The van der Waals surface area contributed by atoms with E-state index in [9.17, 15) is 4.79 Å². The Morgan fingerprint density at radius 1 is 1.50 bits per heavy atom. The second kappa shape index (κ2) is 7.81. The normalized spacial score (nSPS) is 10.7. The zero-order chi connectivity index (χ0) is 13.4. The minimum atomic E-state index is -0.267. The molecule has 5 nitrogen and oxygen atoms in total. The number of hydrogen-bond acceptors (Lipinski definition) is 4. The van der Waals surface area contributed by atoms with Crippen molar-refractivity contribution in [3.63, 3.8) is 0 Å². The average molecular weight is 251 g/mol. The van der Waals surface area contributed by atoms with E-state index in [0.29, 0.717) is 12.2 Å². The van der Waals surface area contributed by atoms with Crippen LogP contribution in [0.15, 0.2) is 24.3 Å². The first-order chi connectivity index (χ1) is 8.71. The van der Waals surface area contributed by atoms with Gasteiger partial charge in [-0.05, 0) is 24.2 Å². The van der Waals surface area contributed by atoms with E-state index < -0.39 is 0 Å². The van der Waals surface area contributed by atoms with Crippen molar-refractivity contribution < 1.29 is 9.53 Å². The summed E-state index contributed by atoms with van der Waals surface area (Å²) in [6.07, 6.45) is 0. The summed E-state index contributed by atoms with van der Waals surface area (Å²) in [5.41, 5.74) is 3.81. The van der Waals surface area contributed by atoms with Gasteiger partial charge in [0.05, 0.1) is 6.61 Å². The summed E-state index contributed by atoms with van der Waals surface area (Å²) >= 11 is 0. The maximum absolute atomic E-state index is 11.4. The Kier molecular flexibility index (Phi) is 6.35. The molecule has 0 bridgehead atoms. The minimum Gasteiger partial charge on any atom is -0.383 e. The molecule has 0 heterocycles. The van der Waals surface area contributed by atoms with Gasteiger partial charge >= 0.3 is 0 Å². The Morgan fingerprint density at radius 2 is 2.28 bits per heavy atom. The molecule has 0 aliphatic rings. The molecule has 0 spiro atoms. The first kappa shape index (κ1) is 14.6. The molecule has 1 rings (SSSR count). The number of nitrogens with zero attached hydrogens (tertiary/aromatic N) is 1. The smallest absolute Gasteiger partial charge is 0.265 e. The summed E-state index contributed by atoms with van der Waals surface area (Å²) in [7, 11) is 1.69. The maximum Gasteiger partial charge on any atom is 0.265 e. The Hall–Kier alpha value is -1.43. The van der Waals surface area contributed by atoms with Crippen molar-refractivity contribution >= 4 is 5.91 Å². The molecule has 0 fully saturated rings. The third kappa shape index (κ3) is 4.44. The van der Waals surface area contributed by atoms with E-state index in [0.717, 1.165) is 25.2 Å². The van der Waals surface area contributed by atoms with Gasteiger partial charge in [-0.25, -0.2) is 5.84 Å². The SMILES string of the molecule is CCN(CCOC)Cc1cccc(C(=O)NN)c1. The third-order valence-corrected chi connectivity index (χ3v) is 2.79. The summed E-state index contributed by atoms with van der Waals surface area (Å²) in [6, 6.07) is 7.47. The van der Waals surface area contributed by atoms with Crippen LogP contribution in [0.3, 0.4) is 0 Å². The Morgan fingerprint density at radius 3 is 2.89 bits per heavy atom. The molecular formula is C13H21N3O2. The fourth-order valence-electron chi connectivity index (χ4n) is 1.72. The van der Waals surface area contributed by atoms with Crippen LogP contribution in [0, 0.1) is 0 Å². The average Bonchev–Trinajstić information content (AvgIpc) is 2.42. The van der Waals surface area contributed by atoms with Gasteiger partial charge in [-0.1, -0.05) is 19.1 Å². The molecule has 1 amide bonds. The van der Waals surface area contributed by atoms with Crippen molar-refractivity contribution in [3.8, 4) is 0 Å². The van der Waals surface area contributed by atoms with Gasteiger partial charge in [0, 0.05) is 25.8 Å². The third-order valence-electron chi connectivity index (χ3n) is 2.79. The number of carbonyl (C=O) groups is 1. The molecular weight excluding hydrogens is 230 g/mol. The number of nitrogen functional groups attached to an aromatic ring is 1. The van der Waals surface area contributed by atoms with Crippen LogP contribution in [0.2, 0.25) is 0 Å². The number of ether oxygens (including phenoxy) is 1. The van der Waals surface area contributed by atoms with Gasteiger partial charge in [-0.15, -0.1) is 0 Å². The predicted molar refractivity (Wildman–Crippen MR) is 70.9 cm³/mol. The predicted octanol–water partition coefficient (Wildman–Crippen LogP) is 0.758. The van der Waals surface area contributed by atoms with Crippen LogP contribution in [0.1, 0.15) is 22.8 Å². The van der Waals surface area contributed by atoms with Crippen LogP contribution in [-0.4, -0.2) is 37.6 Å². The van der Waals surface area contributed by atoms with Crippen LogP contribution < -0.4 is 11.3 Å². The quantitative estimate of drug-likeness (QED) is 0.426. The molecule has 1 aromatic rings. The second-order valence-corrected chi connectivity index (χ2v) is 4.04. The van der Waals surface area contributed by atoms with Crippen LogP contribution in [0.4, 0.5) is 0 Å². The standard InChI is InChI=1S/C13H21N3O2/c1-3-16(7-8-18-2)10-11-5-4-6-12(9-11)13(17)15-14/h4-6,9H,3,7-8,10,14H2,1-2H3,(H,15,17). The Balaban J connectivity index is 2.68. The monoisotopic (exact) mass is 251 g/mol. The van der Waals surface area contributed by atoms with Crippen molar-refractivity contribution in [2.24, 2.45) is 5.84 Å². The molecule has 0 saturated carbocycles. The molecule has 0 unspecified atom stereocenters. The maximum atomic E-state index is 11.4. The fourth-order valence-corrected chi connectivity index (χ4v) is 1.72. The minimum absolute atomic E-state index is 0.267. The highest BCUT2D eigenvalue weighted by Gasteiger charge is 2.07. The van der Waals surface area contributed by atoms with Crippen LogP contribution in [0.5, 0.6) is 0 Å². The highest BCUT2D eigenvalue weighted by atomic mass is 16.5. The molecule has 3 N–H and O–H groups in total. The van der Waals surface area contributed by atoms with Gasteiger partial charge in [-0.3, -0.25) is 15.1 Å². The molecule has 5 heteroatoms. The van der Waals surface area contributed by atoms with Gasteiger partial charge < -0.3 is 4.74 Å². The number of hydrogen-bond donors (Lipinski definition) is 2. The van der Waals surface area contributed by atoms with Crippen molar-refractivity contribution in [2.45, 2.75) is 13.5 Å². The lowest BCUT2D eigenvalue weighted by atomic mass is 10.1. The molecule has 1 aromatic carbocycles. The molecule has 18 heavy (non-hydrogen) atoms. The number of carbonyl (C=O) groups excluding carboxylic acids is 1. The first-order valence-electron chi connectivity index (χ1n) is 6.02. The van der Waals surface area contributed by atoms with Crippen LogP contribution in [-0.2, 0) is 11.3 Å². The summed E-state index contributed by atoms with van der Waals surface area (Å²) in [5, 5.41) is 0. The largest absolute Gasteiger partial charge is 0.383 e. The van der Waals surface area contributed by atoms with E-state index in [1.165, 1.54) is 0 Å². The van der Waals surface area contributed by atoms with E-state index >= 15 is 0 Å². The summed E-state index contributed by atoms with van der Waals surface area (Å²) in [5.74, 6) is 4.85. The van der Waals surface area contributed by atoms with E-state index in [4.69, 9.17) is 10.6 Å². The number of hydrazine groups is 1. The van der Waals surface area contributed by atoms with E-state index in [2.05, 4.69) is 17.2 Å². The Labute approximate surface area is 108 Å². The van der Waals surface area contributed by atoms with Gasteiger partial charge in [-0.2, -0.15) is 0 Å². The number of nitrogens with one attached hydrogen (secondary N) is 1. The van der Waals surface area contributed by atoms with Crippen molar-refractivity contribution in [3.05, 3.63) is 35.4 Å². The van der Waals surface area contributed by atoms with E-state index in [-0.39, 0.29) is 5.91 Å². The summed E-state index contributed by atoms with van der Waals surface area (Å²) in [6.45, 7) is 5.42. The molecule has 0 aliphatic carbocycles. The number of rotatable bonds is 7. The number of amides is 1. The highest BCUT2D eigenvalue weighted by molar-refractivity contribution is 5.93. The zero-order valence-electron chi connectivity index (χ0n) is 11.0. The first-order valence-corrected chi connectivity index (χ1v) is 6.02. The van der Waals surface area contributed by atoms with E-state index in [1.54, 1.807) is 13.2 Å². The fraction of sp³-hybridized carbons (Fsp3) is 0.462. The summed E-state index contributed by atoms with van der Waals surface area (Å²) < 4.78 is 5.07. The lowest BCUT2D eigenvalue weighted by Gasteiger charge is -2.20. The van der Waals surface area contributed by atoms with Crippen molar-refractivity contribution in [2.75, 3.05) is 26.8 Å². The van der Waals surface area contributed by atoms with Gasteiger partial charge in [0.25, 0.3) is 5.91 Å². The van der Waals surface area contributed by atoms with Gasteiger partial charge in [0.15, 0.2) is 0 Å². The Bertz CT molecular complexity index is 382. The second-order valence-electron chi connectivity index (χ2n) is 4.04. The number of nitrogens with two attached hydrogens (primary N) is 1. The van der Waals surface area contributed by atoms with Gasteiger partial charge in [0.2, 0.25) is 0 Å². The molecule has 0 radical (unpaired) electrons. The lowest BCUT2D eigenvalue weighted by Crippen LogP contribution is -2.30. The van der Waals surface area contributed by atoms with Crippen molar-refractivity contribution in [1.82, 2.24) is 10.3 Å². The molecule has 0 aliphatic heterocycles. The van der Waals surface area contributed by atoms with Crippen LogP contribution >= 0.6 is 0 Å². The van der Waals surface area contributed by atoms with Crippen LogP contribution in [0.25, 0.3) is 0 Å². The van der Waals surface area contributed by atoms with Crippen molar-refractivity contribution in [1.29, 1.82) is 0 Å². The number of benzene rings is 1. The lowest BCUT2D eigenvalue weighted by molar-refractivity contribution is 0.0953. The number of likely N-dealkylation sites (N-methyl/N-ethyl adjacent to an activating group) is 1. The molecule has 100 valence electrons. The van der Waals surface area contributed by atoms with Gasteiger partial charge in [0.1, 0.15) is 0 Å². The summed E-state index contributed by atoms with van der Waals surface area (Å²) in [4.78, 5) is 13.7. The number of methoxy groups -OCH3 is 1. The van der Waals surface area contributed by atoms with E-state index in [1.807, 2.05) is 18.2 Å². The molecule has 0 atom stereocenters. The highest BCUT2D eigenvalue weighted by Crippen LogP contribution is 2.08. The molecule has 0 aromatic heterocycles. The zero-order valence-corrected chi connectivity index (χ0v) is 11.0. The topological polar surface area (TPSA) is 67.6 Å². The molecule has 0 saturated heterocycles.